The van der Waals surface area contributed by atoms with Crippen LogP contribution in [0, 0.1) is 0 Å². The lowest BCUT2D eigenvalue weighted by atomic mass is 10.1. The summed E-state index contributed by atoms with van der Waals surface area (Å²) in [6.45, 7) is 0.0817. The lowest BCUT2D eigenvalue weighted by Gasteiger charge is -2.29. The number of aliphatic carboxylic acids is 1. The number of rotatable bonds is 3. The minimum absolute atomic E-state index is 0.0817. The quantitative estimate of drug-likeness (QED) is 0.433. The van der Waals surface area contributed by atoms with E-state index in [1.807, 2.05) is 0 Å². The van der Waals surface area contributed by atoms with Crippen LogP contribution in [0.2, 0.25) is 0 Å². The molecule has 1 heterocycles. The summed E-state index contributed by atoms with van der Waals surface area (Å²) >= 11 is 0. The Bertz CT molecular complexity index is 399. The average molecular weight is 234 g/mol. The largest absolute Gasteiger partial charge is 0.480 e. The van der Waals surface area contributed by atoms with Gasteiger partial charge in [0.1, 0.15) is 6.04 Å². The number of nitrogens with zero attached hydrogens (tertiary/aromatic N) is 4. The molecule has 1 aliphatic heterocycles. The van der Waals surface area contributed by atoms with Crippen molar-refractivity contribution in [1.29, 1.82) is 0 Å². The first-order valence-corrected chi connectivity index (χ1v) is 5.69. The summed E-state index contributed by atoms with van der Waals surface area (Å²) in [7, 11) is -4.17. The van der Waals surface area contributed by atoms with Crippen LogP contribution < -0.4 is 0 Å². The van der Waals surface area contributed by atoms with Gasteiger partial charge in [0.15, 0.2) is 0 Å². The van der Waals surface area contributed by atoms with Gasteiger partial charge in [-0.25, -0.2) is 8.42 Å². The molecule has 0 aromatic heterocycles. The number of carboxylic acid groups (broad SMARTS) is 1. The molecule has 1 aliphatic rings. The van der Waals surface area contributed by atoms with Crippen LogP contribution in [0.4, 0.5) is 0 Å². The molecule has 0 spiro atoms. The minimum atomic E-state index is -4.17. The Morgan fingerprint density at radius 2 is 2.20 bits per heavy atom. The highest BCUT2D eigenvalue weighted by Crippen LogP contribution is 2.21. The zero-order chi connectivity index (χ0) is 11.5. The van der Waals surface area contributed by atoms with Crippen molar-refractivity contribution in [3.63, 3.8) is 0 Å². The maximum atomic E-state index is 11.3. The zero-order valence-electron chi connectivity index (χ0n) is 7.77. The van der Waals surface area contributed by atoms with Gasteiger partial charge in [0.25, 0.3) is 0 Å². The Labute approximate surface area is 86.3 Å². The summed E-state index contributed by atoms with van der Waals surface area (Å²) < 4.78 is 26.0. The van der Waals surface area contributed by atoms with E-state index in [0.717, 1.165) is 4.31 Å². The SMILES string of the molecule is [N-]=[N+]=NS(=O)(=O)N1CCCCC1C(=O)O. The number of azide groups is 1. The molecule has 1 saturated heterocycles. The normalized spacial score (nSPS) is 23.1. The predicted octanol–water partition coefficient (Wildman–Crippen LogP) is 0.481. The molecule has 1 unspecified atom stereocenters. The van der Waals surface area contributed by atoms with E-state index in [2.05, 4.69) is 9.43 Å². The molecule has 15 heavy (non-hydrogen) atoms. The fourth-order valence-corrected chi connectivity index (χ4v) is 2.58. The second kappa shape index (κ2) is 4.47. The van der Waals surface area contributed by atoms with Gasteiger partial charge in [-0.15, -0.1) is 0 Å². The minimum Gasteiger partial charge on any atom is -0.480 e. The van der Waals surface area contributed by atoms with Gasteiger partial charge in [0.05, 0.1) is 0 Å². The van der Waals surface area contributed by atoms with Crippen molar-refractivity contribution >= 4 is 16.2 Å². The van der Waals surface area contributed by atoms with Crippen LogP contribution >= 0.6 is 0 Å². The molecule has 0 saturated carbocycles. The first-order valence-electron chi connectivity index (χ1n) is 4.30. The molecular formula is C6H10N4O4S. The van der Waals surface area contributed by atoms with Crippen molar-refractivity contribution in [3.05, 3.63) is 10.4 Å². The summed E-state index contributed by atoms with van der Waals surface area (Å²) in [5, 5.41) is 8.80. The Kier molecular flexibility index (Phi) is 3.51. The summed E-state index contributed by atoms with van der Waals surface area (Å²) in [5.74, 6) is -1.22. The van der Waals surface area contributed by atoms with Crippen LogP contribution in [0.3, 0.4) is 0 Å². The van der Waals surface area contributed by atoms with Gasteiger partial charge in [-0.05, 0) is 24.8 Å². The zero-order valence-corrected chi connectivity index (χ0v) is 8.59. The Morgan fingerprint density at radius 1 is 1.53 bits per heavy atom. The lowest BCUT2D eigenvalue weighted by Crippen LogP contribution is -2.46. The van der Waals surface area contributed by atoms with Crippen LogP contribution in [-0.2, 0) is 15.0 Å². The molecule has 0 aromatic carbocycles. The number of piperidine rings is 1. The molecule has 1 atom stereocenters. The van der Waals surface area contributed by atoms with E-state index < -0.39 is 22.2 Å². The monoisotopic (exact) mass is 234 g/mol. The molecule has 0 aromatic rings. The molecule has 0 bridgehead atoms. The summed E-state index contributed by atoms with van der Waals surface area (Å²) in [6.07, 6.45) is 1.47. The third-order valence-electron chi connectivity index (χ3n) is 2.17. The number of hydrogen-bond acceptors (Lipinski definition) is 3. The molecule has 84 valence electrons. The molecule has 1 N–H and O–H groups in total. The van der Waals surface area contributed by atoms with E-state index in [9.17, 15) is 13.2 Å². The second-order valence-corrected chi connectivity index (χ2v) is 4.64. The Hall–Kier alpha value is -1.31. The van der Waals surface area contributed by atoms with Crippen molar-refractivity contribution in [2.75, 3.05) is 6.54 Å². The van der Waals surface area contributed by atoms with Crippen LogP contribution in [0.1, 0.15) is 19.3 Å². The van der Waals surface area contributed by atoms with Gasteiger partial charge in [0, 0.05) is 16.0 Å². The molecule has 0 radical (unpaired) electrons. The highest BCUT2D eigenvalue weighted by atomic mass is 32.2. The van der Waals surface area contributed by atoms with Crippen molar-refractivity contribution in [2.45, 2.75) is 25.3 Å². The number of carboxylic acids is 1. The van der Waals surface area contributed by atoms with E-state index in [0.29, 0.717) is 12.8 Å². The molecule has 9 heteroatoms. The van der Waals surface area contributed by atoms with Crippen molar-refractivity contribution < 1.29 is 18.3 Å². The van der Waals surface area contributed by atoms with Gasteiger partial charge in [-0.3, -0.25) is 4.79 Å². The summed E-state index contributed by atoms with van der Waals surface area (Å²) in [5.41, 5.74) is 8.06. The first kappa shape index (κ1) is 11.8. The third kappa shape index (κ3) is 2.58. The van der Waals surface area contributed by atoms with Crippen LogP contribution in [0.5, 0.6) is 0 Å². The molecule has 1 fully saturated rings. The third-order valence-corrected chi connectivity index (χ3v) is 3.48. The fraction of sp³-hybridized carbons (Fsp3) is 0.833. The van der Waals surface area contributed by atoms with E-state index in [1.54, 1.807) is 0 Å². The topological polar surface area (TPSA) is 123 Å². The Morgan fingerprint density at radius 3 is 2.73 bits per heavy atom. The van der Waals surface area contributed by atoms with Gasteiger partial charge < -0.3 is 5.11 Å². The highest BCUT2D eigenvalue weighted by Gasteiger charge is 2.36. The second-order valence-electron chi connectivity index (χ2n) is 3.11. The Balaban J connectivity index is 3.00. The van der Waals surface area contributed by atoms with E-state index in [-0.39, 0.29) is 13.0 Å². The fourth-order valence-electron chi connectivity index (χ4n) is 1.52. The van der Waals surface area contributed by atoms with Gasteiger partial charge in [0.2, 0.25) is 0 Å². The molecule has 0 amide bonds. The number of carbonyl (C=O) groups is 1. The predicted molar refractivity (Wildman–Crippen MR) is 50.0 cm³/mol. The molecular weight excluding hydrogens is 224 g/mol. The van der Waals surface area contributed by atoms with Crippen LogP contribution in [-0.4, -0.2) is 36.4 Å². The summed E-state index contributed by atoms with van der Waals surface area (Å²) in [4.78, 5) is 13.0. The lowest BCUT2D eigenvalue weighted by molar-refractivity contribution is -0.142. The van der Waals surface area contributed by atoms with Crippen molar-refractivity contribution in [2.24, 2.45) is 4.52 Å². The van der Waals surface area contributed by atoms with E-state index in [4.69, 9.17) is 10.6 Å². The van der Waals surface area contributed by atoms with Crippen LogP contribution in [0.25, 0.3) is 10.4 Å². The molecule has 0 aliphatic carbocycles. The molecule has 1 rings (SSSR count). The van der Waals surface area contributed by atoms with Gasteiger partial charge >= 0.3 is 16.2 Å². The van der Waals surface area contributed by atoms with Gasteiger partial charge in [-0.1, -0.05) is 0 Å². The standard InChI is InChI=1S/C6H10N4O4S/c7-8-9-15(13,14)10-4-2-1-3-5(10)6(11)12/h5H,1-4H2,(H,11,12). The average Bonchev–Trinajstić information content (AvgIpc) is 2.17. The summed E-state index contributed by atoms with van der Waals surface area (Å²) in [6, 6.07) is -1.12. The van der Waals surface area contributed by atoms with Crippen molar-refractivity contribution in [1.82, 2.24) is 4.31 Å². The highest BCUT2D eigenvalue weighted by molar-refractivity contribution is 7.87. The maximum Gasteiger partial charge on any atom is 0.322 e. The van der Waals surface area contributed by atoms with Crippen molar-refractivity contribution in [3.8, 4) is 0 Å². The van der Waals surface area contributed by atoms with E-state index in [1.165, 1.54) is 0 Å². The first-order chi connectivity index (χ1) is 6.99. The van der Waals surface area contributed by atoms with Gasteiger partial charge in [-0.2, -0.15) is 4.31 Å². The van der Waals surface area contributed by atoms with Crippen LogP contribution in [0.15, 0.2) is 4.52 Å². The maximum absolute atomic E-state index is 11.3. The molecule has 8 nitrogen and oxygen atoms in total. The smallest absolute Gasteiger partial charge is 0.322 e. The number of hydrogen-bond donors (Lipinski definition) is 1. The van der Waals surface area contributed by atoms with E-state index >= 15 is 0 Å².